The van der Waals surface area contributed by atoms with Crippen LogP contribution in [-0.2, 0) is 38.1 Å². The first-order valence-electron chi connectivity index (χ1n) is 13.8. The summed E-state index contributed by atoms with van der Waals surface area (Å²) in [5.41, 5.74) is -0.445. The third kappa shape index (κ3) is 5.86. The molecular weight excluding hydrogens is 504 g/mol. The Labute approximate surface area is 231 Å². The number of unbranched alkanes of at least 4 members (excludes halogenated alkanes) is 1. The van der Waals surface area contributed by atoms with Gasteiger partial charge in [-0.2, -0.15) is 0 Å². The molecule has 9 nitrogen and oxygen atoms in total. The van der Waals surface area contributed by atoms with Gasteiger partial charge in [0.15, 0.2) is 0 Å². The monoisotopic (exact) mass is 548 g/mol. The molecule has 218 valence electrons. The van der Waals surface area contributed by atoms with Gasteiger partial charge in [-0.05, 0) is 49.5 Å². The van der Waals surface area contributed by atoms with Crippen molar-refractivity contribution in [1.29, 1.82) is 0 Å². The van der Waals surface area contributed by atoms with Crippen LogP contribution in [-0.4, -0.2) is 60.5 Å². The van der Waals surface area contributed by atoms with Crippen LogP contribution in [0.1, 0.15) is 74.1 Å². The lowest BCUT2D eigenvalue weighted by atomic mass is 9.44. The maximum atomic E-state index is 12.3. The van der Waals surface area contributed by atoms with Crippen LogP contribution >= 0.6 is 0 Å². The molecule has 0 bridgehead atoms. The first kappa shape index (κ1) is 31.0. The SMILES string of the molecule is C=C/C(C)=C\C[C@]1(C)[C@H](C)[C@@H](OCCCC)[C@H](O)[C@@]23C(=C[C@H](OC(C)=O)C[C@@H]12)[C@@H](OC(C)=O)O[C@H]3OC(C)=O. The summed E-state index contributed by atoms with van der Waals surface area (Å²) in [4.78, 5) is 36.5. The summed E-state index contributed by atoms with van der Waals surface area (Å²) in [5, 5.41) is 12.2. The molecule has 3 aliphatic rings. The van der Waals surface area contributed by atoms with E-state index in [4.69, 9.17) is 23.7 Å². The summed E-state index contributed by atoms with van der Waals surface area (Å²) in [6, 6.07) is 0. The van der Waals surface area contributed by atoms with Gasteiger partial charge in [0, 0.05) is 33.0 Å². The Balaban J connectivity index is 2.30. The molecule has 1 saturated carbocycles. The van der Waals surface area contributed by atoms with Crippen molar-refractivity contribution in [3.63, 3.8) is 0 Å². The number of hydrogen-bond acceptors (Lipinski definition) is 9. The summed E-state index contributed by atoms with van der Waals surface area (Å²) >= 11 is 0. The predicted octanol–water partition coefficient (Wildman–Crippen LogP) is 4.38. The van der Waals surface area contributed by atoms with Crippen molar-refractivity contribution in [3.8, 4) is 0 Å². The second kappa shape index (κ2) is 12.4. The Kier molecular flexibility index (Phi) is 9.83. The van der Waals surface area contributed by atoms with E-state index in [1.807, 2.05) is 6.92 Å². The van der Waals surface area contributed by atoms with E-state index >= 15 is 0 Å². The lowest BCUT2D eigenvalue weighted by molar-refractivity contribution is -0.278. The summed E-state index contributed by atoms with van der Waals surface area (Å²) in [7, 11) is 0. The van der Waals surface area contributed by atoms with E-state index in [0.29, 0.717) is 25.0 Å². The van der Waals surface area contributed by atoms with Gasteiger partial charge in [-0.15, -0.1) is 0 Å². The van der Waals surface area contributed by atoms with E-state index < -0.39 is 65.5 Å². The molecule has 2 fully saturated rings. The van der Waals surface area contributed by atoms with Crippen molar-refractivity contribution in [2.24, 2.45) is 22.7 Å². The Hall–Kier alpha value is -2.49. The number of ether oxygens (including phenoxy) is 5. The molecule has 1 aliphatic heterocycles. The van der Waals surface area contributed by atoms with Crippen LogP contribution in [0.4, 0.5) is 0 Å². The van der Waals surface area contributed by atoms with E-state index in [1.165, 1.54) is 20.8 Å². The average molecular weight is 549 g/mol. The van der Waals surface area contributed by atoms with Gasteiger partial charge in [0.1, 0.15) is 6.10 Å². The first-order chi connectivity index (χ1) is 18.3. The van der Waals surface area contributed by atoms with E-state index in [9.17, 15) is 19.5 Å². The quantitative estimate of drug-likeness (QED) is 0.139. The summed E-state index contributed by atoms with van der Waals surface area (Å²) in [6.07, 6.45) is 3.28. The minimum absolute atomic E-state index is 0.156. The largest absolute Gasteiger partial charge is 0.458 e. The highest BCUT2D eigenvalue weighted by molar-refractivity contribution is 5.68. The number of aliphatic hydroxyl groups excluding tert-OH is 1. The molecule has 0 radical (unpaired) electrons. The summed E-state index contributed by atoms with van der Waals surface area (Å²) in [5.74, 6) is -2.23. The molecule has 0 amide bonds. The molecule has 9 atom stereocenters. The molecule has 0 aromatic carbocycles. The van der Waals surface area contributed by atoms with Crippen LogP contribution in [0.2, 0.25) is 0 Å². The van der Waals surface area contributed by atoms with Crippen molar-refractivity contribution in [2.75, 3.05) is 6.61 Å². The number of aliphatic hydroxyl groups is 1. The van der Waals surface area contributed by atoms with Crippen LogP contribution in [0.15, 0.2) is 36.0 Å². The van der Waals surface area contributed by atoms with Crippen LogP contribution in [0.25, 0.3) is 0 Å². The lowest BCUT2D eigenvalue weighted by Gasteiger charge is -2.62. The highest BCUT2D eigenvalue weighted by Crippen LogP contribution is 2.67. The van der Waals surface area contributed by atoms with Crippen LogP contribution in [0, 0.1) is 22.7 Å². The van der Waals surface area contributed by atoms with Crippen LogP contribution in [0.3, 0.4) is 0 Å². The lowest BCUT2D eigenvalue weighted by Crippen LogP contribution is -2.68. The molecule has 2 aliphatic carbocycles. The number of carbonyl (C=O) groups excluding carboxylic acids is 3. The molecule has 9 heteroatoms. The van der Waals surface area contributed by atoms with Gasteiger partial charge in [0.05, 0.1) is 17.6 Å². The molecular formula is C30H44O9. The van der Waals surface area contributed by atoms with Crippen molar-refractivity contribution in [2.45, 2.75) is 105 Å². The zero-order valence-corrected chi connectivity index (χ0v) is 24.2. The molecule has 39 heavy (non-hydrogen) atoms. The minimum atomic E-state index is -1.31. The van der Waals surface area contributed by atoms with Crippen molar-refractivity contribution in [3.05, 3.63) is 36.0 Å². The molecule has 1 saturated heterocycles. The molecule has 0 aromatic heterocycles. The third-order valence-corrected chi connectivity index (χ3v) is 8.79. The maximum absolute atomic E-state index is 12.3. The molecule has 1 spiro atoms. The topological polar surface area (TPSA) is 118 Å². The fourth-order valence-electron chi connectivity index (χ4n) is 6.70. The normalized spacial score (nSPS) is 37.7. The van der Waals surface area contributed by atoms with Gasteiger partial charge in [-0.25, -0.2) is 0 Å². The molecule has 3 rings (SSSR count). The highest BCUT2D eigenvalue weighted by Gasteiger charge is 2.73. The zero-order valence-electron chi connectivity index (χ0n) is 24.2. The van der Waals surface area contributed by atoms with Gasteiger partial charge in [0.25, 0.3) is 0 Å². The predicted molar refractivity (Wildman–Crippen MR) is 143 cm³/mol. The number of hydrogen-bond donors (Lipinski definition) is 1. The second-order valence-electron chi connectivity index (χ2n) is 11.3. The molecule has 1 N–H and O–H groups in total. The van der Waals surface area contributed by atoms with Gasteiger partial charge < -0.3 is 24.1 Å². The first-order valence-corrected chi connectivity index (χ1v) is 13.8. The Morgan fingerprint density at radius 3 is 2.33 bits per heavy atom. The van der Waals surface area contributed by atoms with Crippen LogP contribution in [0.5, 0.6) is 0 Å². The number of esters is 3. The summed E-state index contributed by atoms with van der Waals surface area (Å²) in [6.45, 7) is 16.4. The second-order valence-corrected chi connectivity index (χ2v) is 11.3. The third-order valence-electron chi connectivity index (χ3n) is 8.79. The van der Waals surface area contributed by atoms with Crippen LogP contribution < -0.4 is 0 Å². The minimum Gasteiger partial charge on any atom is -0.458 e. The van der Waals surface area contributed by atoms with Crippen molar-refractivity contribution >= 4 is 17.9 Å². The Bertz CT molecular complexity index is 1020. The smallest absolute Gasteiger partial charge is 0.305 e. The van der Waals surface area contributed by atoms with Gasteiger partial charge >= 0.3 is 17.9 Å². The Morgan fingerprint density at radius 2 is 1.77 bits per heavy atom. The van der Waals surface area contributed by atoms with E-state index in [2.05, 4.69) is 33.4 Å². The van der Waals surface area contributed by atoms with E-state index in [0.717, 1.165) is 18.4 Å². The van der Waals surface area contributed by atoms with Gasteiger partial charge in [-0.1, -0.05) is 51.5 Å². The van der Waals surface area contributed by atoms with Gasteiger partial charge in [-0.3, -0.25) is 19.1 Å². The molecule has 0 aromatic rings. The fourth-order valence-corrected chi connectivity index (χ4v) is 6.70. The van der Waals surface area contributed by atoms with E-state index in [-0.39, 0.29) is 5.92 Å². The number of allylic oxidation sites excluding steroid dienone is 3. The highest BCUT2D eigenvalue weighted by atomic mass is 16.8. The molecule has 1 heterocycles. The molecule has 0 unspecified atom stereocenters. The average Bonchev–Trinajstić information content (AvgIpc) is 3.14. The van der Waals surface area contributed by atoms with E-state index in [1.54, 1.807) is 12.2 Å². The van der Waals surface area contributed by atoms with Gasteiger partial charge in [0.2, 0.25) is 12.6 Å². The van der Waals surface area contributed by atoms with Crippen molar-refractivity contribution < 1.29 is 43.2 Å². The maximum Gasteiger partial charge on any atom is 0.305 e. The number of carbonyl (C=O) groups is 3. The fraction of sp³-hybridized carbons (Fsp3) is 0.700. The standard InChI is InChI=1S/C30H44O9/c1-9-11-14-35-25-18(4)29(8,13-12-17(3)10-2)24-16-22(36-19(5)31)15-23-27(37-20(6)32)39-28(38-21(7)33)30(23,24)26(25)34/h10,12,15,18,22,24-28,34H,2,9,11,13-14,16H2,1,3-8H3/b17-12-/t18-,22+,24+,25-,26+,27+,28-,29-,30-/m1/s1. The Morgan fingerprint density at radius 1 is 1.13 bits per heavy atom. The number of rotatable bonds is 10. The summed E-state index contributed by atoms with van der Waals surface area (Å²) < 4.78 is 29.5. The zero-order chi connectivity index (χ0) is 29.1. The van der Waals surface area contributed by atoms with Crippen molar-refractivity contribution in [1.82, 2.24) is 0 Å².